The molecule has 0 saturated carbocycles. The predicted molar refractivity (Wildman–Crippen MR) is 145 cm³/mol. The lowest BCUT2D eigenvalue weighted by atomic mass is 9.80. The van der Waals surface area contributed by atoms with E-state index in [0.717, 1.165) is 35.4 Å². The van der Waals surface area contributed by atoms with Gasteiger partial charge in [0, 0.05) is 30.2 Å². The van der Waals surface area contributed by atoms with Gasteiger partial charge < -0.3 is 10.1 Å². The first-order valence-electron chi connectivity index (χ1n) is 12.3. The average molecular weight is 467 g/mol. The second-order valence-corrected chi connectivity index (χ2v) is 9.57. The van der Waals surface area contributed by atoms with Crippen LogP contribution in [0.25, 0.3) is 5.57 Å². The zero-order valence-corrected chi connectivity index (χ0v) is 21.2. The lowest BCUT2D eigenvalue weighted by molar-refractivity contribution is -0.673. The van der Waals surface area contributed by atoms with E-state index in [-0.39, 0.29) is 12.0 Å². The summed E-state index contributed by atoms with van der Waals surface area (Å²) in [6.45, 7) is 21.5. The van der Waals surface area contributed by atoms with Crippen LogP contribution in [0.5, 0.6) is 0 Å². The molecular formula is C31H36N3O+. The van der Waals surface area contributed by atoms with Gasteiger partial charge in [-0.2, -0.15) is 0 Å². The van der Waals surface area contributed by atoms with Gasteiger partial charge in [-0.3, -0.25) is 4.99 Å². The zero-order valence-electron chi connectivity index (χ0n) is 21.2. The Kier molecular flexibility index (Phi) is 7.20. The molecule has 180 valence electrons. The van der Waals surface area contributed by atoms with Crippen LogP contribution in [0, 0.1) is 0 Å². The molecule has 0 aliphatic carbocycles. The minimum atomic E-state index is 0.00971. The lowest BCUT2D eigenvalue weighted by Crippen LogP contribution is -2.33. The number of aliphatic imine (C=N–C) groups is 1. The quantitative estimate of drug-likeness (QED) is 0.395. The van der Waals surface area contributed by atoms with Crippen molar-refractivity contribution in [3.05, 3.63) is 121 Å². The molecule has 4 rings (SSSR count). The summed E-state index contributed by atoms with van der Waals surface area (Å²) in [5, 5.41) is 3.32. The van der Waals surface area contributed by atoms with Crippen LogP contribution in [-0.2, 0) is 11.8 Å². The molecule has 0 saturated heterocycles. The van der Waals surface area contributed by atoms with Crippen LogP contribution in [-0.4, -0.2) is 18.3 Å². The third-order valence-electron chi connectivity index (χ3n) is 7.00. The van der Waals surface area contributed by atoms with Gasteiger partial charge in [-0.25, -0.2) is 4.57 Å². The fourth-order valence-corrected chi connectivity index (χ4v) is 5.05. The average Bonchev–Trinajstić information content (AvgIpc) is 2.99. The van der Waals surface area contributed by atoms with Crippen molar-refractivity contribution in [2.24, 2.45) is 12.0 Å². The van der Waals surface area contributed by atoms with E-state index in [4.69, 9.17) is 9.73 Å². The number of allylic oxidation sites excluding steroid dienone is 2. The van der Waals surface area contributed by atoms with E-state index in [1.807, 2.05) is 12.2 Å². The highest BCUT2D eigenvalue weighted by molar-refractivity contribution is 6.10. The minimum Gasteiger partial charge on any atom is -0.442 e. The monoisotopic (exact) mass is 466 g/mol. The Morgan fingerprint density at radius 2 is 1.97 bits per heavy atom. The molecule has 0 bridgehead atoms. The summed E-state index contributed by atoms with van der Waals surface area (Å²) >= 11 is 0. The molecule has 2 aliphatic heterocycles. The van der Waals surface area contributed by atoms with Crippen LogP contribution in [0.4, 0.5) is 0 Å². The molecule has 1 aromatic heterocycles. The van der Waals surface area contributed by atoms with Gasteiger partial charge in [-0.1, -0.05) is 57.3 Å². The first kappa shape index (κ1) is 24.5. The van der Waals surface area contributed by atoms with Crippen molar-refractivity contribution >= 4 is 11.3 Å². The summed E-state index contributed by atoms with van der Waals surface area (Å²) in [4.78, 5) is 4.96. The van der Waals surface area contributed by atoms with Gasteiger partial charge >= 0.3 is 0 Å². The van der Waals surface area contributed by atoms with Crippen LogP contribution >= 0.6 is 0 Å². The Bertz CT molecular complexity index is 1250. The molecule has 0 radical (unpaired) electrons. The number of hydrogen-bond donors (Lipinski definition) is 1. The first-order chi connectivity index (χ1) is 16.8. The number of nitrogens with one attached hydrogen (secondary N) is 1. The summed E-state index contributed by atoms with van der Waals surface area (Å²) in [5.74, 6) is 1.81. The highest BCUT2D eigenvalue weighted by Gasteiger charge is 2.30. The maximum atomic E-state index is 5.96. The molecule has 2 atom stereocenters. The third kappa shape index (κ3) is 4.93. The summed E-state index contributed by atoms with van der Waals surface area (Å²) in [6.07, 6.45) is 7.71. The van der Waals surface area contributed by atoms with Gasteiger partial charge in [-0.15, -0.1) is 6.58 Å². The Morgan fingerprint density at radius 1 is 1.20 bits per heavy atom. The fourth-order valence-electron chi connectivity index (χ4n) is 5.05. The van der Waals surface area contributed by atoms with Crippen LogP contribution in [0.2, 0.25) is 0 Å². The van der Waals surface area contributed by atoms with E-state index in [2.05, 4.69) is 99.7 Å². The molecule has 2 unspecified atom stereocenters. The molecule has 0 spiro atoms. The number of benzene rings is 1. The van der Waals surface area contributed by atoms with E-state index in [9.17, 15) is 0 Å². The highest BCUT2D eigenvalue weighted by atomic mass is 16.5. The maximum Gasteiger partial charge on any atom is 0.216 e. The van der Waals surface area contributed by atoms with Crippen LogP contribution in [0.15, 0.2) is 103 Å². The maximum absolute atomic E-state index is 5.96. The van der Waals surface area contributed by atoms with Gasteiger partial charge in [-0.05, 0) is 48.1 Å². The standard InChI is InChI=1S/C31H36N3O/c1-8-28-26-13-11-10-12-25(26)27(29(9-2)33-28)15-14-24-19-32-22(6)35-21(5)31(24)30-18-23(20(3)4)16-17-34(30)7/h8-13,16-18,20,27,29,32H,1-2,5-6,14-15,19H2,3-4,7H3/q+1. The van der Waals surface area contributed by atoms with Gasteiger partial charge in [0.25, 0.3) is 0 Å². The van der Waals surface area contributed by atoms with Crippen molar-refractivity contribution in [2.45, 2.75) is 44.6 Å². The molecule has 35 heavy (non-hydrogen) atoms. The van der Waals surface area contributed by atoms with Crippen LogP contribution in [0.3, 0.4) is 0 Å². The minimum absolute atomic E-state index is 0.00971. The first-order valence-corrected chi connectivity index (χ1v) is 12.3. The van der Waals surface area contributed by atoms with Crippen molar-refractivity contribution in [3.8, 4) is 0 Å². The van der Waals surface area contributed by atoms with E-state index < -0.39 is 0 Å². The largest absolute Gasteiger partial charge is 0.442 e. The summed E-state index contributed by atoms with van der Waals surface area (Å²) in [5.41, 5.74) is 8.10. The molecule has 1 aromatic carbocycles. The van der Waals surface area contributed by atoms with Crippen molar-refractivity contribution < 1.29 is 9.30 Å². The van der Waals surface area contributed by atoms with E-state index >= 15 is 0 Å². The number of aryl methyl sites for hydroxylation is 1. The van der Waals surface area contributed by atoms with Gasteiger partial charge in [0.1, 0.15) is 12.8 Å². The van der Waals surface area contributed by atoms with E-state index in [1.165, 1.54) is 16.7 Å². The van der Waals surface area contributed by atoms with Crippen LogP contribution < -0.4 is 9.88 Å². The number of nitrogens with zero attached hydrogens (tertiary/aromatic N) is 2. The van der Waals surface area contributed by atoms with Gasteiger partial charge in [0.2, 0.25) is 5.69 Å². The van der Waals surface area contributed by atoms with Crippen molar-refractivity contribution in [2.75, 3.05) is 6.54 Å². The summed E-state index contributed by atoms with van der Waals surface area (Å²) in [7, 11) is 2.07. The second kappa shape index (κ2) is 10.3. The number of fused-ring (bicyclic) bond motifs is 1. The number of hydrogen-bond acceptors (Lipinski definition) is 3. The van der Waals surface area contributed by atoms with E-state index in [0.29, 0.717) is 24.1 Å². The third-order valence-corrected chi connectivity index (χ3v) is 7.00. The molecule has 3 heterocycles. The number of pyridine rings is 1. The number of ether oxygens (including phenoxy) is 1. The van der Waals surface area contributed by atoms with Crippen molar-refractivity contribution in [1.82, 2.24) is 5.32 Å². The Balaban J connectivity index is 1.75. The predicted octanol–water partition coefficient (Wildman–Crippen LogP) is 6.10. The fraction of sp³-hybridized carbons (Fsp3) is 0.290. The molecule has 4 nitrogen and oxygen atoms in total. The zero-order chi connectivity index (χ0) is 25.1. The van der Waals surface area contributed by atoms with Gasteiger partial charge in [0.15, 0.2) is 12.1 Å². The molecule has 1 N–H and O–H groups in total. The van der Waals surface area contributed by atoms with Crippen molar-refractivity contribution in [1.29, 1.82) is 0 Å². The highest BCUT2D eigenvalue weighted by Crippen LogP contribution is 2.38. The van der Waals surface area contributed by atoms with Gasteiger partial charge in [0.05, 0.1) is 17.3 Å². The molecule has 0 amide bonds. The van der Waals surface area contributed by atoms with Crippen LogP contribution in [0.1, 0.15) is 60.9 Å². The molecule has 2 aromatic rings. The Hall–Kier alpha value is -3.66. The smallest absolute Gasteiger partial charge is 0.216 e. The SMILES string of the molecule is C=CC1=NC(C=C)C(CCC2=C(c3cc(C(C)C)cc[n+]3C)C(=C)OC(=C)NC2)c2ccccc21. The lowest BCUT2D eigenvalue weighted by Gasteiger charge is -2.30. The second-order valence-electron chi connectivity index (χ2n) is 9.57. The number of rotatable bonds is 7. The topological polar surface area (TPSA) is 37.5 Å². The van der Waals surface area contributed by atoms with E-state index in [1.54, 1.807) is 0 Å². The Labute approximate surface area is 209 Å². The van der Waals surface area contributed by atoms with Crippen molar-refractivity contribution in [3.63, 3.8) is 0 Å². The summed E-state index contributed by atoms with van der Waals surface area (Å²) < 4.78 is 8.11. The molecular weight excluding hydrogens is 430 g/mol. The molecule has 2 aliphatic rings. The normalized spacial score (nSPS) is 19.9. The Morgan fingerprint density at radius 3 is 2.69 bits per heavy atom. The molecule has 0 fully saturated rings. The number of aromatic nitrogens is 1. The molecule has 4 heteroatoms. The summed E-state index contributed by atoms with van der Waals surface area (Å²) in [6, 6.07) is 13.0.